The number of thioether (sulfide) groups is 1. The fraction of sp³-hybridized carbons (Fsp3) is 0.200. The van der Waals surface area contributed by atoms with Crippen molar-refractivity contribution in [2.75, 3.05) is 5.32 Å². The number of nitriles is 1. The number of aromatic amines is 1. The molecule has 1 atom stereocenters. The highest BCUT2D eigenvalue weighted by molar-refractivity contribution is 8.00. The summed E-state index contributed by atoms with van der Waals surface area (Å²) < 4.78 is 0. The highest BCUT2D eigenvalue weighted by Crippen LogP contribution is 2.24. The zero-order valence-electron chi connectivity index (χ0n) is 15.1. The van der Waals surface area contributed by atoms with E-state index in [2.05, 4.69) is 45.6 Å². The van der Waals surface area contributed by atoms with Crippen LogP contribution >= 0.6 is 11.8 Å². The maximum absolute atomic E-state index is 12.4. The van der Waals surface area contributed by atoms with Gasteiger partial charge in [-0.3, -0.25) is 9.89 Å². The van der Waals surface area contributed by atoms with Crippen molar-refractivity contribution in [3.05, 3.63) is 59.7 Å². The number of aromatic nitrogens is 3. The van der Waals surface area contributed by atoms with Crippen LogP contribution in [0.15, 0.2) is 53.7 Å². The summed E-state index contributed by atoms with van der Waals surface area (Å²) in [6.45, 7) is 3.90. The Balaban J connectivity index is 1.63. The largest absolute Gasteiger partial charge is 0.325 e. The lowest BCUT2D eigenvalue weighted by Crippen LogP contribution is -2.22. The van der Waals surface area contributed by atoms with Crippen LogP contribution in [0.4, 0.5) is 5.69 Å². The van der Waals surface area contributed by atoms with Crippen molar-refractivity contribution in [2.45, 2.75) is 30.7 Å². The van der Waals surface area contributed by atoms with Crippen LogP contribution in [0.3, 0.4) is 0 Å². The van der Waals surface area contributed by atoms with Crippen LogP contribution in [0.5, 0.6) is 0 Å². The van der Waals surface area contributed by atoms with Gasteiger partial charge in [-0.05, 0) is 37.1 Å². The molecule has 3 aromatic rings. The van der Waals surface area contributed by atoms with Gasteiger partial charge in [0.15, 0.2) is 5.82 Å². The minimum absolute atomic E-state index is 0.172. The van der Waals surface area contributed by atoms with Crippen molar-refractivity contribution < 1.29 is 4.79 Å². The third-order valence-electron chi connectivity index (χ3n) is 4.01. The van der Waals surface area contributed by atoms with Gasteiger partial charge in [-0.15, -0.1) is 5.10 Å². The number of hydrogen-bond acceptors (Lipinski definition) is 5. The number of carbonyl (C=O) groups excluding carboxylic acids is 1. The zero-order chi connectivity index (χ0) is 19.2. The lowest BCUT2D eigenvalue weighted by atomic mass is 10.1. The van der Waals surface area contributed by atoms with Gasteiger partial charge in [0.05, 0.1) is 16.9 Å². The number of carbonyl (C=O) groups is 1. The molecule has 0 unspecified atom stereocenters. The predicted molar refractivity (Wildman–Crippen MR) is 106 cm³/mol. The van der Waals surface area contributed by atoms with Gasteiger partial charge in [-0.2, -0.15) is 5.26 Å². The van der Waals surface area contributed by atoms with Crippen LogP contribution in [-0.2, 0) is 11.2 Å². The quantitative estimate of drug-likeness (QED) is 0.633. The van der Waals surface area contributed by atoms with Gasteiger partial charge in [0.2, 0.25) is 11.1 Å². The summed E-state index contributed by atoms with van der Waals surface area (Å²) in [6.07, 6.45) is 0.988. The molecule has 0 bridgehead atoms. The first-order valence-corrected chi connectivity index (χ1v) is 9.46. The molecular formula is C20H19N5OS. The number of nitrogens with zero attached hydrogens (tertiary/aromatic N) is 3. The maximum atomic E-state index is 12.4. The van der Waals surface area contributed by atoms with E-state index in [1.165, 1.54) is 17.3 Å². The zero-order valence-corrected chi connectivity index (χ0v) is 15.9. The molecule has 0 radical (unpaired) electrons. The van der Waals surface area contributed by atoms with Crippen LogP contribution < -0.4 is 5.32 Å². The van der Waals surface area contributed by atoms with Crippen LogP contribution in [0.2, 0.25) is 0 Å². The number of H-pyrrole nitrogens is 1. The van der Waals surface area contributed by atoms with Crippen molar-refractivity contribution >= 4 is 23.4 Å². The van der Waals surface area contributed by atoms with E-state index in [4.69, 9.17) is 5.26 Å². The van der Waals surface area contributed by atoms with Crippen LogP contribution in [0, 0.1) is 11.3 Å². The first-order chi connectivity index (χ1) is 13.1. The number of amides is 1. The van der Waals surface area contributed by atoms with Crippen molar-refractivity contribution in [3.8, 4) is 17.5 Å². The van der Waals surface area contributed by atoms with E-state index in [0.717, 1.165) is 12.0 Å². The standard InChI is InChI=1S/C20H19N5OS/c1-3-14-7-9-16(10-8-14)18-23-20(25-24-18)27-13(2)19(26)22-17-6-4-5-15(11-17)12-21/h4-11,13H,3H2,1-2H3,(H,22,26)(H,23,24,25)/t13-/m1/s1. The van der Waals surface area contributed by atoms with Crippen LogP contribution in [0.1, 0.15) is 25.0 Å². The molecule has 1 heterocycles. The molecule has 0 fully saturated rings. The Labute approximate surface area is 162 Å². The van der Waals surface area contributed by atoms with Crippen LogP contribution in [0.25, 0.3) is 11.4 Å². The van der Waals surface area contributed by atoms with Gasteiger partial charge in [0.1, 0.15) is 0 Å². The van der Waals surface area contributed by atoms with Gasteiger partial charge in [0, 0.05) is 11.3 Å². The molecule has 0 aliphatic rings. The molecule has 7 heteroatoms. The molecular weight excluding hydrogens is 358 g/mol. The Bertz CT molecular complexity index is 975. The molecule has 6 nitrogen and oxygen atoms in total. The minimum atomic E-state index is -0.387. The lowest BCUT2D eigenvalue weighted by Gasteiger charge is -2.10. The number of benzene rings is 2. The van der Waals surface area contributed by atoms with E-state index in [1.54, 1.807) is 31.2 Å². The summed E-state index contributed by atoms with van der Waals surface area (Å²) in [7, 11) is 0. The molecule has 1 aromatic heterocycles. The van der Waals surface area contributed by atoms with Gasteiger partial charge in [-0.25, -0.2) is 4.98 Å². The molecule has 0 saturated heterocycles. The van der Waals surface area contributed by atoms with E-state index in [1.807, 2.05) is 12.1 Å². The molecule has 0 spiro atoms. The van der Waals surface area contributed by atoms with Crippen molar-refractivity contribution in [1.29, 1.82) is 5.26 Å². The third kappa shape index (κ3) is 4.74. The fourth-order valence-corrected chi connectivity index (χ4v) is 3.17. The molecule has 2 aromatic carbocycles. The second-order valence-corrected chi connectivity index (χ2v) is 7.27. The molecule has 2 N–H and O–H groups in total. The van der Waals surface area contributed by atoms with Crippen molar-refractivity contribution in [2.24, 2.45) is 0 Å². The number of aryl methyl sites for hydroxylation is 1. The Morgan fingerprint density at radius 3 is 2.78 bits per heavy atom. The number of hydrogen-bond donors (Lipinski definition) is 2. The summed E-state index contributed by atoms with van der Waals surface area (Å²) in [6, 6.07) is 17.0. The Hall–Kier alpha value is -3.11. The molecule has 0 aliphatic carbocycles. The van der Waals surface area contributed by atoms with Gasteiger partial charge >= 0.3 is 0 Å². The average Bonchev–Trinajstić information content (AvgIpc) is 3.16. The first kappa shape index (κ1) is 18.7. The maximum Gasteiger partial charge on any atom is 0.237 e. The van der Waals surface area contributed by atoms with E-state index in [0.29, 0.717) is 22.2 Å². The van der Waals surface area contributed by atoms with Crippen LogP contribution in [-0.4, -0.2) is 26.3 Å². The number of rotatable bonds is 6. The predicted octanol–water partition coefficient (Wildman–Crippen LogP) is 4.03. The Morgan fingerprint density at radius 1 is 1.30 bits per heavy atom. The van der Waals surface area contributed by atoms with E-state index in [-0.39, 0.29) is 11.2 Å². The normalized spacial score (nSPS) is 11.6. The highest BCUT2D eigenvalue weighted by Gasteiger charge is 2.18. The molecule has 0 aliphatic heterocycles. The topological polar surface area (TPSA) is 94.5 Å². The van der Waals surface area contributed by atoms with Gasteiger partial charge < -0.3 is 5.32 Å². The summed E-state index contributed by atoms with van der Waals surface area (Å²) >= 11 is 1.27. The number of anilines is 1. The molecule has 136 valence electrons. The average molecular weight is 377 g/mol. The van der Waals surface area contributed by atoms with Crippen molar-refractivity contribution in [1.82, 2.24) is 15.2 Å². The monoisotopic (exact) mass is 377 g/mol. The molecule has 1 amide bonds. The molecule has 3 rings (SSSR count). The SMILES string of the molecule is CCc1ccc(-c2nc(S[C@H](C)C(=O)Nc3cccc(C#N)c3)n[nH]2)cc1. The Morgan fingerprint density at radius 2 is 2.07 bits per heavy atom. The third-order valence-corrected chi connectivity index (χ3v) is 4.97. The summed E-state index contributed by atoms with van der Waals surface area (Å²) in [4.78, 5) is 16.8. The van der Waals surface area contributed by atoms with E-state index >= 15 is 0 Å². The smallest absolute Gasteiger partial charge is 0.237 e. The summed E-state index contributed by atoms with van der Waals surface area (Å²) in [5.41, 5.74) is 3.31. The van der Waals surface area contributed by atoms with Crippen molar-refractivity contribution in [3.63, 3.8) is 0 Å². The highest BCUT2D eigenvalue weighted by atomic mass is 32.2. The Kier molecular flexibility index (Phi) is 5.89. The minimum Gasteiger partial charge on any atom is -0.325 e. The van der Waals surface area contributed by atoms with Gasteiger partial charge in [0.25, 0.3) is 0 Å². The van der Waals surface area contributed by atoms with E-state index in [9.17, 15) is 4.79 Å². The first-order valence-electron chi connectivity index (χ1n) is 8.58. The summed E-state index contributed by atoms with van der Waals surface area (Å²) in [5.74, 6) is 0.503. The number of nitrogens with one attached hydrogen (secondary N) is 2. The molecule has 27 heavy (non-hydrogen) atoms. The lowest BCUT2D eigenvalue weighted by molar-refractivity contribution is -0.115. The van der Waals surface area contributed by atoms with E-state index < -0.39 is 0 Å². The second kappa shape index (κ2) is 8.52. The fourth-order valence-electron chi connectivity index (χ4n) is 2.45. The van der Waals surface area contributed by atoms with Gasteiger partial charge in [-0.1, -0.05) is 49.0 Å². The molecule has 0 saturated carbocycles. The second-order valence-electron chi connectivity index (χ2n) is 5.96. The summed E-state index contributed by atoms with van der Waals surface area (Å²) in [5, 5.41) is 19.0.